The van der Waals surface area contributed by atoms with Gasteiger partial charge in [0.05, 0.1) is 0 Å². The topological polar surface area (TPSA) is 0 Å². The molecule has 0 radical (unpaired) electrons. The molecule has 0 bridgehead atoms. The zero-order valence-corrected chi connectivity index (χ0v) is 15.1. The van der Waals surface area contributed by atoms with E-state index in [0.29, 0.717) is 5.41 Å². The summed E-state index contributed by atoms with van der Waals surface area (Å²) in [6.07, 6.45) is 9.77. The first-order chi connectivity index (χ1) is 11.6. The van der Waals surface area contributed by atoms with Crippen LogP contribution in [0.2, 0.25) is 0 Å². The van der Waals surface area contributed by atoms with Crippen molar-refractivity contribution in [1.82, 2.24) is 0 Å². The molecule has 1 aromatic rings. The number of hydrogen-bond donors (Lipinski definition) is 0. The molecular weight excluding hydrogens is 288 g/mol. The van der Waals surface area contributed by atoms with E-state index in [1.165, 1.54) is 49.7 Å². The molecule has 124 valence electrons. The summed E-state index contributed by atoms with van der Waals surface area (Å²) in [6.45, 7) is 12.8. The lowest BCUT2D eigenvalue weighted by atomic mass is 9.55. The third-order valence-corrected chi connectivity index (χ3v) is 7.33. The van der Waals surface area contributed by atoms with Gasteiger partial charge >= 0.3 is 0 Å². The van der Waals surface area contributed by atoms with Crippen LogP contribution in [0, 0.1) is 29.1 Å². The number of hydrogen-bond acceptors (Lipinski definition) is 0. The molecule has 0 aliphatic heterocycles. The maximum Gasteiger partial charge on any atom is 0.0320 e. The summed E-state index contributed by atoms with van der Waals surface area (Å²) < 4.78 is 0. The van der Waals surface area contributed by atoms with Crippen LogP contribution in [0.15, 0.2) is 30.9 Å². The Morgan fingerprint density at radius 2 is 2.04 bits per heavy atom. The fourth-order valence-electron chi connectivity index (χ4n) is 5.96. The SMILES string of the molecule is C=Cc1cc2c(cc1C#CC)C1CC[C@]3(C)C(=C)CCC3C1CC2. The van der Waals surface area contributed by atoms with Gasteiger partial charge < -0.3 is 0 Å². The van der Waals surface area contributed by atoms with Gasteiger partial charge in [-0.1, -0.05) is 43.7 Å². The van der Waals surface area contributed by atoms with Crippen LogP contribution in [0.3, 0.4) is 0 Å². The molecule has 2 fully saturated rings. The summed E-state index contributed by atoms with van der Waals surface area (Å²) in [6, 6.07) is 4.76. The van der Waals surface area contributed by atoms with Crippen LogP contribution in [0.1, 0.15) is 74.1 Å². The summed E-state index contributed by atoms with van der Waals surface area (Å²) in [7, 11) is 0. The van der Waals surface area contributed by atoms with Crippen LogP contribution < -0.4 is 0 Å². The highest BCUT2D eigenvalue weighted by Gasteiger charge is 2.51. The smallest absolute Gasteiger partial charge is 0.0320 e. The first-order valence-corrected chi connectivity index (χ1v) is 9.48. The van der Waals surface area contributed by atoms with Gasteiger partial charge in [-0.15, -0.1) is 5.92 Å². The Labute approximate surface area is 147 Å². The molecule has 4 atom stereocenters. The van der Waals surface area contributed by atoms with Crippen LogP contribution >= 0.6 is 0 Å². The third kappa shape index (κ3) is 2.14. The van der Waals surface area contributed by atoms with Crippen LogP contribution in [-0.2, 0) is 6.42 Å². The molecule has 3 aliphatic carbocycles. The first-order valence-electron chi connectivity index (χ1n) is 9.48. The zero-order valence-electron chi connectivity index (χ0n) is 15.1. The van der Waals surface area contributed by atoms with Gasteiger partial charge in [-0.25, -0.2) is 0 Å². The Hall–Kier alpha value is -1.74. The molecule has 4 rings (SSSR count). The summed E-state index contributed by atoms with van der Waals surface area (Å²) in [5.41, 5.74) is 7.44. The minimum Gasteiger partial charge on any atom is -0.101 e. The lowest BCUT2D eigenvalue weighted by Crippen LogP contribution is -2.40. The molecule has 0 N–H and O–H groups in total. The second kappa shape index (κ2) is 5.66. The minimum atomic E-state index is 0.409. The lowest BCUT2D eigenvalue weighted by molar-refractivity contribution is 0.0817. The standard InChI is InChI=1S/C24H28/c1-5-7-18-15-22-19(14-17(18)6-2)9-10-21-20(22)12-13-24(4)16(3)8-11-23(21)24/h6,14-15,20-21,23H,2-3,8-13H2,1,4H3/t20?,21?,23?,24-/m1/s1. The Balaban J connectivity index is 1.76. The number of allylic oxidation sites excluding steroid dienone is 1. The Bertz CT molecular complexity index is 769. The predicted octanol–water partition coefficient (Wildman–Crippen LogP) is 6.11. The normalized spacial score (nSPS) is 33.8. The van der Waals surface area contributed by atoms with Crippen molar-refractivity contribution in [1.29, 1.82) is 0 Å². The number of fused-ring (bicyclic) bond motifs is 5. The van der Waals surface area contributed by atoms with Gasteiger partial charge in [-0.3, -0.25) is 0 Å². The number of rotatable bonds is 1. The largest absolute Gasteiger partial charge is 0.101 e. The molecule has 0 saturated heterocycles. The van der Waals surface area contributed by atoms with Gasteiger partial charge in [-0.05, 0) is 91.4 Å². The van der Waals surface area contributed by atoms with Crippen LogP contribution in [0.4, 0.5) is 0 Å². The highest BCUT2D eigenvalue weighted by atomic mass is 14.6. The second-order valence-electron chi connectivity index (χ2n) is 8.23. The lowest BCUT2D eigenvalue weighted by Gasteiger charge is -2.49. The van der Waals surface area contributed by atoms with Crippen molar-refractivity contribution < 1.29 is 0 Å². The van der Waals surface area contributed by atoms with Crippen molar-refractivity contribution >= 4 is 6.08 Å². The van der Waals surface area contributed by atoms with Crippen LogP contribution in [0.5, 0.6) is 0 Å². The quantitative estimate of drug-likeness (QED) is 0.433. The van der Waals surface area contributed by atoms with E-state index in [1.807, 2.05) is 13.0 Å². The Morgan fingerprint density at radius 1 is 1.21 bits per heavy atom. The molecule has 24 heavy (non-hydrogen) atoms. The van der Waals surface area contributed by atoms with E-state index in [1.54, 1.807) is 11.1 Å². The Morgan fingerprint density at radius 3 is 2.79 bits per heavy atom. The molecule has 0 amide bonds. The van der Waals surface area contributed by atoms with Crippen LogP contribution in [-0.4, -0.2) is 0 Å². The number of aryl methyl sites for hydroxylation is 1. The van der Waals surface area contributed by atoms with E-state index < -0.39 is 0 Å². The van der Waals surface area contributed by atoms with E-state index >= 15 is 0 Å². The first kappa shape index (κ1) is 15.8. The molecule has 0 heterocycles. The van der Waals surface area contributed by atoms with E-state index in [4.69, 9.17) is 0 Å². The van der Waals surface area contributed by atoms with Gasteiger partial charge in [0.25, 0.3) is 0 Å². The Kier molecular flexibility index (Phi) is 3.72. The maximum absolute atomic E-state index is 4.42. The summed E-state index contributed by atoms with van der Waals surface area (Å²) >= 11 is 0. The van der Waals surface area contributed by atoms with Gasteiger partial charge in [0.2, 0.25) is 0 Å². The van der Waals surface area contributed by atoms with Gasteiger partial charge in [0, 0.05) is 5.56 Å². The minimum absolute atomic E-state index is 0.409. The highest BCUT2D eigenvalue weighted by molar-refractivity contribution is 5.61. The van der Waals surface area contributed by atoms with Gasteiger partial charge in [-0.2, -0.15) is 0 Å². The molecular formula is C24H28. The maximum atomic E-state index is 4.42. The van der Waals surface area contributed by atoms with E-state index in [0.717, 1.165) is 23.3 Å². The fraction of sp³-hybridized carbons (Fsp3) is 0.500. The zero-order chi connectivity index (χ0) is 16.9. The average Bonchev–Trinajstić information content (AvgIpc) is 2.89. The summed E-state index contributed by atoms with van der Waals surface area (Å²) in [5, 5.41) is 0. The summed E-state index contributed by atoms with van der Waals surface area (Å²) in [5.74, 6) is 8.79. The van der Waals surface area contributed by atoms with E-state index in [9.17, 15) is 0 Å². The molecule has 3 aliphatic rings. The van der Waals surface area contributed by atoms with E-state index in [-0.39, 0.29) is 0 Å². The third-order valence-electron chi connectivity index (χ3n) is 7.33. The van der Waals surface area contributed by atoms with Gasteiger partial charge in [0.1, 0.15) is 0 Å². The second-order valence-corrected chi connectivity index (χ2v) is 8.23. The van der Waals surface area contributed by atoms with Crippen molar-refractivity contribution in [2.24, 2.45) is 17.3 Å². The van der Waals surface area contributed by atoms with Crippen molar-refractivity contribution in [3.63, 3.8) is 0 Å². The fourth-order valence-corrected chi connectivity index (χ4v) is 5.96. The van der Waals surface area contributed by atoms with Crippen molar-refractivity contribution in [2.45, 2.75) is 58.3 Å². The molecule has 0 nitrogen and oxygen atoms in total. The monoisotopic (exact) mass is 316 g/mol. The molecule has 3 unspecified atom stereocenters. The highest BCUT2D eigenvalue weighted by Crippen LogP contribution is 2.62. The van der Waals surface area contributed by atoms with Crippen molar-refractivity contribution in [2.75, 3.05) is 0 Å². The average molecular weight is 316 g/mol. The van der Waals surface area contributed by atoms with Crippen LogP contribution in [0.25, 0.3) is 6.08 Å². The molecule has 0 heteroatoms. The summed E-state index contributed by atoms with van der Waals surface area (Å²) in [4.78, 5) is 0. The number of benzene rings is 1. The molecule has 0 spiro atoms. The van der Waals surface area contributed by atoms with Gasteiger partial charge in [0.15, 0.2) is 0 Å². The molecule has 0 aromatic heterocycles. The van der Waals surface area contributed by atoms with Crippen molar-refractivity contribution in [3.8, 4) is 11.8 Å². The molecule has 2 saturated carbocycles. The molecule has 1 aromatic carbocycles. The van der Waals surface area contributed by atoms with Crippen molar-refractivity contribution in [3.05, 3.63) is 53.1 Å². The predicted molar refractivity (Wildman–Crippen MR) is 103 cm³/mol. The van der Waals surface area contributed by atoms with E-state index in [2.05, 4.69) is 44.1 Å².